The molecule has 0 saturated heterocycles. The van der Waals surface area contributed by atoms with Gasteiger partial charge < -0.3 is 5.32 Å². The number of anilines is 1. The van der Waals surface area contributed by atoms with E-state index in [4.69, 9.17) is 0 Å². The molecule has 0 aliphatic carbocycles. The maximum atomic E-state index is 4.44. The van der Waals surface area contributed by atoms with Crippen molar-refractivity contribution in [3.05, 3.63) is 23.5 Å². The second-order valence-electron chi connectivity index (χ2n) is 4.30. The number of hydrogen-bond acceptors (Lipinski definition) is 5. The SMILES string of the molecule is Cc1ccc(-c2nnc(NC(C)C)s2)c(C)n1. The standard InChI is InChI=1S/C12H16N4S/c1-7(2)13-12-16-15-11(17-12)10-6-5-8(3)14-9(10)4/h5-7H,1-4H3,(H,13,16). The Bertz CT molecular complexity index is 519. The molecule has 0 amide bonds. The van der Waals surface area contributed by atoms with Gasteiger partial charge in [-0.25, -0.2) is 0 Å². The van der Waals surface area contributed by atoms with E-state index in [1.165, 1.54) is 0 Å². The fourth-order valence-corrected chi connectivity index (χ4v) is 2.52. The zero-order valence-electron chi connectivity index (χ0n) is 10.5. The Kier molecular flexibility index (Phi) is 3.38. The Hall–Kier alpha value is -1.49. The quantitative estimate of drug-likeness (QED) is 0.907. The Morgan fingerprint density at radius 2 is 1.94 bits per heavy atom. The maximum absolute atomic E-state index is 4.44. The van der Waals surface area contributed by atoms with Crippen molar-refractivity contribution >= 4 is 16.5 Å². The average Bonchev–Trinajstić information content (AvgIpc) is 2.65. The first-order valence-corrected chi connectivity index (χ1v) is 6.42. The minimum atomic E-state index is 0.369. The van der Waals surface area contributed by atoms with Gasteiger partial charge >= 0.3 is 0 Å². The van der Waals surface area contributed by atoms with E-state index in [1.54, 1.807) is 11.3 Å². The van der Waals surface area contributed by atoms with E-state index in [0.29, 0.717) is 6.04 Å². The molecular formula is C12H16N4S. The zero-order valence-corrected chi connectivity index (χ0v) is 11.3. The number of aryl methyl sites for hydroxylation is 2. The smallest absolute Gasteiger partial charge is 0.206 e. The lowest BCUT2D eigenvalue weighted by molar-refractivity contribution is 0.888. The third-order valence-corrected chi connectivity index (χ3v) is 3.18. The molecule has 0 spiro atoms. The Balaban J connectivity index is 2.30. The van der Waals surface area contributed by atoms with Crippen molar-refractivity contribution in [3.8, 4) is 10.6 Å². The molecule has 0 aromatic carbocycles. The van der Waals surface area contributed by atoms with Gasteiger partial charge in [0.25, 0.3) is 0 Å². The van der Waals surface area contributed by atoms with E-state index in [2.05, 4.69) is 40.4 Å². The van der Waals surface area contributed by atoms with Gasteiger partial charge in [0.1, 0.15) is 0 Å². The molecule has 0 aliphatic heterocycles. The van der Waals surface area contributed by atoms with Crippen LogP contribution in [0.2, 0.25) is 0 Å². The first-order chi connectivity index (χ1) is 8.06. The molecule has 1 N–H and O–H groups in total. The predicted octanol–water partition coefficient (Wildman–Crippen LogP) is 3.04. The lowest BCUT2D eigenvalue weighted by atomic mass is 10.2. The van der Waals surface area contributed by atoms with Crippen molar-refractivity contribution < 1.29 is 0 Å². The normalized spacial score (nSPS) is 10.9. The maximum Gasteiger partial charge on any atom is 0.206 e. The van der Waals surface area contributed by atoms with Crippen molar-refractivity contribution in [3.63, 3.8) is 0 Å². The molecule has 0 aliphatic rings. The minimum absolute atomic E-state index is 0.369. The van der Waals surface area contributed by atoms with Crippen molar-refractivity contribution in [1.29, 1.82) is 0 Å². The van der Waals surface area contributed by atoms with E-state index in [1.807, 2.05) is 19.9 Å². The van der Waals surface area contributed by atoms with Crippen molar-refractivity contribution in [2.75, 3.05) is 5.32 Å². The first kappa shape index (κ1) is 12.0. The van der Waals surface area contributed by atoms with Gasteiger partial charge in [0.2, 0.25) is 5.13 Å². The first-order valence-electron chi connectivity index (χ1n) is 5.61. The summed E-state index contributed by atoms with van der Waals surface area (Å²) in [5.41, 5.74) is 3.08. The monoisotopic (exact) mass is 248 g/mol. The Labute approximate surface area is 105 Å². The Morgan fingerprint density at radius 1 is 1.18 bits per heavy atom. The van der Waals surface area contributed by atoms with E-state index in [-0.39, 0.29) is 0 Å². The van der Waals surface area contributed by atoms with Gasteiger partial charge in [0.15, 0.2) is 5.01 Å². The van der Waals surface area contributed by atoms with Crippen molar-refractivity contribution in [2.24, 2.45) is 0 Å². The van der Waals surface area contributed by atoms with Crippen molar-refractivity contribution in [1.82, 2.24) is 15.2 Å². The lowest BCUT2D eigenvalue weighted by Crippen LogP contribution is -2.08. The van der Waals surface area contributed by atoms with E-state index in [9.17, 15) is 0 Å². The van der Waals surface area contributed by atoms with Gasteiger partial charge in [-0.2, -0.15) is 0 Å². The molecule has 17 heavy (non-hydrogen) atoms. The molecular weight excluding hydrogens is 232 g/mol. The van der Waals surface area contributed by atoms with Gasteiger partial charge in [0.05, 0.1) is 0 Å². The van der Waals surface area contributed by atoms with Crippen LogP contribution in [0.3, 0.4) is 0 Å². The van der Waals surface area contributed by atoms with Crippen LogP contribution in [0.5, 0.6) is 0 Å². The molecule has 2 aromatic rings. The fourth-order valence-electron chi connectivity index (χ4n) is 1.55. The number of rotatable bonds is 3. The van der Waals surface area contributed by atoms with Crippen LogP contribution in [0, 0.1) is 13.8 Å². The van der Waals surface area contributed by atoms with Crippen LogP contribution in [0.1, 0.15) is 25.2 Å². The highest BCUT2D eigenvalue weighted by molar-refractivity contribution is 7.18. The predicted molar refractivity (Wildman–Crippen MR) is 71.4 cm³/mol. The third kappa shape index (κ3) is 2.79. The van der Waals surface area contributed by atoms with E-state index < -0.39 is 0 Å². The molecule has 2 rings (SSSR count). The third-order valence-electron chi connectivity index (χ3n) is 2.29. The summed E-state index contributed by atoms with van der Waals surface area (Å²) >= 11 is 1.56. The summed E-state index contributed by atoms with van der Waals surface area (Å²) in [5.74, 6) is 0. The number of aromatic nitrogens is 3. The molecule has 0 radical (unpaired) electrons. The lowest BCUT2D eigenvalue weighted by Gasteiger charge is -2.03. The molecule has 2 heterocycles. The second-order valence-corrected chi connectivity index (χ2v) is 5.27. The summed E-state index contributed by atoms with van der Waals surface area (Å²) in [4.78, 5) is 4.44. The van der Waals surface area contributed by atoms with Gasteiger partial charge in [-0.15, -0.1) is 10.2 Å². The Morgan fingerprint density at radius 3 is 2.59 bits per heavy atom. The molecule has 0 saturated carbocycles. The fraction of sp³-hybridized carbons (Fsp3) is 0.417. The summed E-state index contributed by atoms with van der Waals surface area (Å²) in [7, 11) is 0. The highest BCUT2D eigenvalue weighted by Crippen LogP contribution is 2.28. The molecule has 0 unspecified atom stereocenters. The van der Waals surface area contributed by atoms with Crippen LogP contribution >= 0.6 is 11.3 Å². The summed E-state index contributed by atoms with van der Waals surface area (Å²) in [6.07, 6.45) is 0. The largest absolute Gasteiger partial charge is 0.358 e. The van der Waals surface area contributed by atoms with Crippen LogP contribution in [0.15, 0.2) is 12.1 Å². The topological polar surface area (TPSA) is 50.7 Å². The number of nitrogens with one attached hydrogen (secondary N) is 1. The minimum Gasteiger partial charge on any atom is -0.358 e. The van der Waals surface area contributed by atoms with E-state index in [0.717, 1.165) is 27.1 Å². The van der Waals surface area contributed by atoms with Crippen LogP contribution in [0.25, 0.3) is 10.6 Å². The molecule has 90 valence electrons. The van der Waals surface area contributed by atoms with Gasteiger partial charge in [-0.05, 0) is 39.8 Å². The highest BCUT2D eigenvalue weighted by Gasteiger charge is 2.10. The average molecular weight is 248 g/mol. The molecule has 0 fully saturated rings. The van der Waals surface area contributed by atoms with Crippen LogP contribution in [0.4, 0.5) is 5.13 Å². The number of pyridine rings is 1. The molecule has 4 nitrogen and oxygen atoms in total. The van der Waals surface area contributed by atoms with Crippen LogP contribution in [-0.4, -0.2) is 21.2 Å². The zero-order chi connectivity index (χ0) is 12.4. The molecule has 5 heteroatoms. The molecule has 2 aromatic heterocycles. The van der Waals surface area contributed by atoms with Gasteiger partial charge in [0, 0.05) is 23.0 Å². The number of hydrogen-bond donors (Lipinski definition) is 1. The van der Waals surface area contributed by atoms with Crippen LogP contribution in [-0.2, 0) is 0 Å². The number of nitrogens with zero attached hydrogens (tertiary/aromatic N) is 3. The molecule has 0 atom stereocenters. The summed E-state index contributed by atoms with van der Waals surface area (Å²) in [6, 6.07) is 4.42. The van der Waals surface area contributed by atoms with Crippen LogP contribution < -0.4 is 5.32 Å². The summed E-state index contributed by atoms with van der Waals surface area (Å²) < 4.78 is 0. The molecule has 0 bridgehead atoms. The van der Waals surface area contributed by atoms with Gasteiger partial charge in [-0.1, -0.05) is 11.3 Å². The van der Waals surface area contributed by atoms with Crippen molar-refractivity contribution in [2.45, 2.75) is 33.7 Å². The van der Waals surface area contributed by atoms with Gasteiger partial charge in [-0.3, -0.25) is 4.98 Å². The second kappa shape index (κ2) is 4.79. The summed E-state index contributed by atoms with van der Waals surface area (Å²) in [6.45, 7) is 8.15. The highest BCUT2D eigenvalue weighted by atomic mass is 32.1. The van der Waals surface area contributed by atoms with E-state index >= 15 is 0 Å². The summed E-state index contributed by atoms with van der Waals surface area (Å²) in [5, 5.41) is 13.3.